The van der Waals surface area contributed by atoms with Gasteiger partial charge >= 0.3 is 0 Å². The van der Waals surface area contributed by atoms with Crippen LogP contribution in [-0.4, -0.2) is 24.3 Å². The molecule has 0 N–H and O–H groups in total. The Hall–Kier alpha value is -0.410. The monoisotopic (exact) mass is 362 g/mol. The van der Waals surface area contributed by atoms with E-state index in [0.29, 0.717) is 23.4 Å². The van der Waals surface area contributed by atoms with Crippen molar-refractivity contribution in [3.05, 3.63) is 0 Å². The van der Waals surface area contributed by atoms with Gasteiger partial charge in [-0.05, 0) is 80.5 Å². The van der Waals surface area contributed by atoms with Gasteiger partial charge in [-0.15, -0.1) is 0 Å². The average molecular weight is 363 g/mol. The van der Waals surface area contributed by atoms with E-state index in [9.17, 15) is 4.79 Å². The normalized spacial score (nSPS) is 52.3. The lowest BCUT2D eigenvalue weighted by Crippen LogP contribution is -2.64. The first-order valence-corrected chi connectivity index (χ1v) is 10.8. The highest BCUT2D eigenvalue weighted by Gasteiger charge is 2.67. The molecule has 0 aromatic rings. The molecule has 26 heavy (non-hydrogen) atoms. The van der Waals surface area contributed by atoms with Gasteiger partial charge in [0.1, 0.15) is 11.9 Å². The van der Waals surface area contributed by atoms with Gasteiger partial charge in [0.05, 0.1) is 12.5 Å². The smallest absolute Gasteiger partial charge is 0.163 e. The third kappa shape index (κ3) is 2.42. The summed E-state index contributed by atoms with van der Waals surface area (Å²) in [6.45, 7) is 14.5. The second-order valence-corrected chi connectivity index (χ2v) is 11.5. The van der Waals surface area contributed by atoms with Crippen molar-refractivity contribution in [2.24, 2.45) is 34.0 Å². The first kappa shape index (κ1) is 18.9. The van der Waals surface area contributed by atoms with E-state index in [1.54, 1.807) is 0 Å². The Labute approximate surface area is 159 Å². The standard InChI is InChI=1S/C23H38O3/c1-19(2)10-7-11-21(5)16(19)8-12-22(6)17(21)9-13-23(18(22)14-24)15-25-20(3,4)26-23/h14,16-18H,7-13,15H2,1-6H3/t16-,17+,18-,21-,22+,23+/m1/s1. The Kier molecular flexibility index (Phi) is 4.05. The highest BCUT2D eigenvalue weighted by molar-refractivity contribution is 5.59. The maximum atomic E-state index is 12.4. The molecule has 4 rings (SSSR count). The average Bonchev–Trinajstić information content (AvgIpc) is 2.81. The summed E-state index contributed by atoms with van der Waals surface area (Å²) in [5.74, 6) is 0.762. The lowest BCUT2D eigenvalue weighted by molar-refractivity contribution is -0.232. The molecular formula is C23H38O3. The van der Waals surface area contributed by atoms with E-state index < -0.39 is 11.4 Å². The van der Waals surface area contributed by atoms with Crippen LogP contribution in [0.25, 0.3) is 0 Å². The largest absolute Gasteiger partial charge is 0.347 e. The minimum atomic E-state index is -0.571. The lowest BCUT2D eigenvalue weighted by atomic mass is 9.38. The molecule has 4 aliphatic rings. The number of carbonyl (C=O) groups is 1. The quantitative estimate of drug-likeness (QED) is 0.589. The van der Waals surface area contributed by atoms with Crippen LogP contribution in [0.3, 0.4) is 0 Å². The van der Waals surface area contributed by atoms with Crippen LogP contribution in [0, 0.1) is 34.0 Å². The van der Waals surface area contributed by atoms with Crippen molar-refractivity contribution in [3.8, 4) is 0 Å². The minimum Gasteiger partial charge on any atom is -0.347 e. The fraction of sp³-hybridized carbons (Fsp3) is 0.957. The molecular weight excluding hydrogens is 324 g/mol. The summed E-state index contributed by atoms with van der Waals surface area (Å²) in [5, 5.41) is 0. The van der Waals surface area contributed by atoms with E-state index >= 15 is 0 Å². The number of hydrogen-bond donors (Lipinski definition) is 0. The van der Waals surface area contributed by atoms with Gasteiger partial charge in [-0.1, -0.05) is 34.1 Å². The van der Waals surface area contributed by atoms with Crippen LogP contribution in [0.15, 0.2) is 0 Å². The molecule has 0 unspecified atom stereocenters. The topological polar surface area (TPSA) is 35.5 Å². The molecule has 0 radical (unpaired) electrons. The molecule has 1 spiro atoms. The molecule has 4 fully saturated rings. The predicted molar refractivity (Wildman–Crippen MR) is 103 cm³/mol. The molecule has 3 nitrogen and oxygen atoms in total. The summed E-state index contributed by atoms with van der Waals surface area (Å²) >= 11 is 0. The Morgan fingerprint density at radius 3 is 2.15 bits per heavy atom. The molecule has 3 heteroatoms. The summed E-state index contributed by atoms with van der Waals surface area (Å²) in [4.78, 5) is 12.4. The Bertz CT molecular complexity index is 596. The second-order valence-electron chi connectivity index (χ2n) is 11.5. The molecule has 1 saturated heterocycles. The first-order chi connectivity index (χ1) is 12.0. The minimum absolute atomic E-state index is 0.0302. The van der Waals surface area contributed by atoms with Crippen molar-refractivity contribution < 1.29 is 14.3 Å². The van der Waals surface area contributed by atoms with Gasteiger partial charge in [0, 0.05) is 0 Å². The van der Waals surface area contributed by atoms with Gasteiger partial charge < -0.3 is 14.3 Å². The third-order valence-corrected chi connectivity index (χ3v) is 9.22. The zero-order chi connectivity index (χ0) is 19.0. The van der Waals surface area contributed by atoms with Crippen LogP contribution in [0.2, 0.25) is 0 Å². The van der Waals surface area contributed by atoms with Crippen LogP contribution < -0.4 is 0 Å². The van der Waals surface area contributed by atoms with Crippen LogP contribution >= 0.6 is 0 Å². The van der Waals surface area contributed by atoms with Gasteiger partial charge in [0.15, 0.2) is 5.79 Å². The molecule has 148 valence electrons. The molecule has 3 saturated carbocycles. The van der Waals surface area contributed by atoms with Gasteiger partial charge in [-0.2, -0.15) is 0 Å². The van der Waals surface area contributed by atoms with Crippen LogP contribution in [0.1, 0.15) is 86.5 Å². The Morgan fingerprint density at radius 2 is 1.54 bits per heavy atom. The predicted octanol–water partition coefficient (Wildman–Crippen LogP) is 5.37. The van der Waals surface area contributed by atoms with E-state index in [-0.39, 0.29) is 11.3 Å². The summed E-state index contributed by atoms with van der Waals surface area (Å²) in [6.07, 6.45) is 9.76. The number of hydrogen-bond acceptors (Lipinski definition) is 3. The molecule has 0 aromatic carbocycles. The molecule has 0 bridgehead atoms. The zero-order valence-electron chi connectivity index (χ0n) is 17.7. The van der Waals surface area contributed by atoms with Crippen LogP contribution in [-0.2, 0) is 14.3 Å². The third-order valence-electron chi connectivity index (χ3n) is 9.22. The van der Waals surface area contributed by atoms with E-state index in [0.717, 1.165) is 18.8 Å². The molecule has 0 amide bonds. The number of ether oxygens (including phenoxy) is 2. The van der Waals surface area contributed by atoms with Crippen LogP contribution in [0.5, 0.6) is 0 Å². The zero-order valence-corrected chi connectivity index (χ0v) is 17.7. The van der Waals surface area contributed by atoms with E-state index in [2.05, 4.69) is 27.7 Å². The fourth-order valence-electron chi connectivity index (χ4n) is 8.26. The number of aldehydes is 1. The van der Waals surface area contributed by atoms with Crippen molar-refractivity contribution in [1.82, 2.24) is 0 Å². The summed E-state index contributed by atoms with van der Waals surface area (Å²) in [5.41, 5.74) is 0.397. The van der Waals surface area contributed by atoms with Crippen molar-refractivity contribution >= 4 is 6.29 Å². The van der Waals surface area contributed by atoms with Gasteiger partial charge in [0.25, 0.3) is 0 Å². The van der Waals surface area contributed by atoms with Crippen molar-refractivity contribution in [2.45, 2.75) is 97.9 Å². The number of carbonyl (C=O) groups excluding carboxylic acids is 1. The van der Waals surface area contributed by atoms with Crippen molar-refractivity contribution in [3.63, 3.8) is 0 Å². The van der Waals surface area contributed by atoms with Gasteiger partial charge in [-0.3, -0.25) is 0 Å². The van der Waals surface area contributed by atoms with Gasteiger partial charge in [0.2, 0.25) is 0 Å². The summed E-state index contributed by atoms with van der Waals surface area (Å²) in [7, 11) is 0. The summed E-state index contributed by atoms with van der Waals surface area (Å²) in [6, 6.07) is 0. The molecule has 6 atom stereocenters. The first-order valence-electron chi connectivity index (χ1n) is 10.8. The van der Waals surface area contributed by atoms with E-state index in [1.807, 2.05) is 13.8 Å². The fourth-order valence-corrected chi connectivity index (χ4v) is 8.26. The van der Waals surface area contributed by atoms with Crippen molar-refractivity contribution in [1.29, 1.82) is 0 Å². The Balaban J connectivity index is 1.72. The number of fused-ring (bicyclic) bond motifs is 3. The lowest BCUT2D eigenvalue weighted by Gasteiger charge is -2.67. The molecule has 0 aromatic heterocycles. The highest BCUT2D eigenvalue weighted by atomic mass is 16.8. The summed E-state index contributed by atoms with van der Waals surface area (Å²) < 4.78 is 12.4. The Morgan fingerprint density at radius 1 is 0.846 bits per heavy atom. The van der Waals surface area contributed by atoms with Gasteiger partial charge in [-0.25, -0.2) is 0 Å². The number of rotatable bonds is 1. The van der Waals surface area contributed by atoms with Crippen LogP contribution in [0.4, 0.5) is 0 Å². The molecule has 1 aliphatic heterocycles. The molecule has 1 heterocycles. The highest BCUT2D eigenvalue weighted by Crippen LogP contribution is 2.70. The second kappa shape index (κ2) is 5.56. The van der Waals surface area contributed by atoms with E-state index in [1.165, 1.54) is 38.4 Å². The maximum absolute atomic E-state index is 12.4. The SMILES string of the molecule is CC1(C)OC[C@]2(CC[C@H]3[C@]4(C)CCCC(C)(C)[C@H]4CC[C@]3(C)[C@H]2C=O)O1. The van der Waals surface area contributed by atoms with E-state index in [4.69, 9.17) is 9.47 Å². The van der Waals surface area contributed by atoms with Crippen molar-refractivity contribution in [2.75, 3.05) is 6.61 Å². The molecule has 3 aliphatic carbocycles. The maximum Gasteiger partial charge on any atom is 0.163 e.